The molecule has 164 valence electrons. The highest BCUT2D eigenvalue weighted by atomic mass is 19.4. The first-order chi connectivity index (χ1) is 14.2. The lowest BCUT2D eigenvalue weighted by Gasteiger charge is -2.19. The van der Waals surface area contributed by atoms with Crippen LogP contribution in [-0.2, 0) is 12.7 Å². The molecule has 9 heteroatoms. The molecule has 0 bridgehead atoms. The van der Waals surface area contributed by atoms with Crippen LogP contribution in [0.25, 0.3) is 0 Å². The van der Waals surface area contributed by atoms with Gasteiger partial charge in [0.25, 0.3) is 0 Å². The van der Waals surface area contributed by atoms with Crippen molar-refractivity contribution in [2.24, 2.45) is 4.99 Å². The van der Waals surface area contributed by atoms with Crippen molar-refractivity contribution in [3.8, 4) is 17.2 Å². The van der Waals surface area contributed by atoms with E-state index in [4.69, 9.17) is 9.47 Å². The van der Waals surface area contributed by atoms with Crippen LogP contribution < -0.4 is 20.1 Å². The molecule has 0 aromatic heterocycles. The molecule has 0 aliphatic heterocycles. The van der Waals surface area contributed by atoms with Gasteiger partial charge in [-0.1, -0.05) is 12.1 Å². The van der Waals surface area contributed by atoms with E-state index >= 15 is 0 Å². The van der Waals surface area contributed by atoms with Crippen LogP contribution in [0.2, 0.25) is 0 Å². The van der Waals surface area contributed by atoms with E-state index in [2.05, 4.69) is 15.6 Å². The van der Waals surface area contributed by atoms with Gasteiger partial charge in [-0.2, -0.15) is 13.2 Å². The molecule has 0 saturated heterocycles. The molecular weight excluding hydrogens is 399 g/mol. The Kier molecular flexibility index (Phi) is 7.79. The summed E-state index contributed by atoms with van der Waals surface area (Å²) in [6.07, 6.45) is -4.40. The Balaban J connectivity index is 2.21. The molecule has 1 atom stereocenters. The minimum Gasteiger partial charge on any atom is -0.502 e. The number of aliphatic imine (C=N–C) groups is 1. The Labute approximate surface area is 173 Å². The summed E-state index contributed by atoms with van der Waals surface area (Å²) < 4.78 is 49.2. The summed E-state index contributed by atoms with van der Waals surface area (Å²) in [5.74, 6) is 0.856. The standard InChI is InChI=1S/C21H26F3N3O3/c1-5-25-20(26-12-14-9-17(29-3)19(28)18(10-14)30-4)27-13(2)15-7-6-8-16(11-15)21(22,23)24/h6-11,13,28H,5,12H2,1-4H3,(H2,25,26,27). The Hall–Kier alpha value is -3.10. The maximum absolute atomic E-state index is 13.0. The molecule has 0 spiro atoms. The van der Waals surface area contributed by atoms with Crippen LogP contribution in [0.5, 0.6) is 17.2 Å². The lowest BCUT2D eigenvalue weighted by atomic mass is 10.1. The maximum Gasteiger partial charge on any atom is 0.416 e. The number of phenolic OH excluding ortho intramolecular Hbond substituents is 1. The smallest absolute Gasteiger partial charge is 0.416 e. The van der Waals surface area contributed by atoms with Crippen LogP contribution in [0.3, 0.4) is 0 Å². The molecule has 0 heterocycles. The van der Waals surface area contributed by atoms with Crippen molar-refractivity contribution < 1.29 is 27.8 Å². The van der Waals surface area contributed by atoms with E-state index in [9.17, 15) is 18.3 Å². The number of methoxy groups -OCH3 is 2. The molecule has 3 N–H and O–H groups in total. The van der Waals surface area contributed by atoms with Gasteiger partial charge < -0.3 is 25.2 Å². The number of benzene rings is 2. The molecule has 1 unspecified atom stereocenters. The van der Waals surface area contributed by atoms with Gasteiger partial charge in [-0.3, -0.25) is 0 Å². The fraction of sp³-hybridized carbons (Fsp3) is 0.381. The predicted octanol–water partition coefficient (Wildman–Crippen LogP) is 4.24. The summed E-state index contributed by atoms with van der Waals surface area (Å²) >= 11 is 0. The first-order valence-electron chi connectivity index (χ1n) is 9.35. The Morgan fingerprint density at radius 2 is 1.77 bits per heavy atom. The number of guanidine groups is 1. The molecule has 0 saturated carbocycles. The van der Waals surface area contributed by atoms with Gasteiger partial charge in [0.2, 0.25) is 5.75 Å². The molecule has 6 nitrogen and oxygen atoms in total. The van der Waals surface area contributed by atoms with Gasteiger partial charge in [0.15, 0.2) is 17.5 Å². The van der Waals surface area contributed by atoms with E-state index in [1.807, 2.05) is 6.92 Å². The lowest BCUT2D eigenvalue weighted by molar-refractivity contribution is -0.137. The van der Waals surface area contributed by atoms with E-state index in [1.165, 1.54) is 20.3 Å². The average molecular weight is 425 g/mol. The van der Waals surface area contributed by atoms with Crippen molar-refractivity contribution in [1.29, 1.82) is 0 Å². The van der Waals surface area contributed by atoms with E-state index < -0.39 is 17.8 Å². The van der Waals surface area contributed by atoms with E-state index in [0.29, 0.717) is 18.1 Å². The van der Waals surface area contributed by atoms with Crippen LogP contribution in [-0.4, -0.2) is 31.8 Å². The predicted molar refractivity (Wildman–Crippen MR) is 109 cm³/mol. The molecular formula is C21H26F3N3O3. The van der Waals surface area contributed by atoms with Crippen LogP contribution >= 0.6 is 0 Å². The highest BCUT2D eigenvalue weighted by molar-refractivity contribution is 5.80. The van der Waals surface area contributed by atoms with Crippen molar-refractivity contribution in [1.82, 2.24) is 10.6 Å². The third-order valence-electron chi connectivity index (χ3n) is 4.37. The molecule has 2 aromatic rings. The first-order valence-corrected chi connectivity index (χ1v) is 9.35. The van der Waals surface area contributed by atoms with Crippen molar-refractivity contribution in [2.75, 3.05) is 20.8 Å². The van der Waals surface area contributed by atoms with Crippen LogP contribution in [0, 0.1) is 0 Å². The van der Waals surface area contributed by atoms with Crippen molar-refractivity contribution >= 4 is 5.96 Å². The largest absolute Gasteiger partial charge is 0.502 e. The van der Waals surface area contributed by atoms with Crippen molar-refractivity contribution in [3.63, 3.8) is 0 Å². The van der Waals surface area contributed by atoms with Gasteiger partial charge in [-0.15, -0.1) is 0 Å². The molecule has 2 aromatic carbocycles. The lowest BCUT2D eigenvalue weighted by Crippen LogP contribution is -2.38. The highest BCUT2D eigenvalue weighted by Crippen LogP contribution is 2.37. The van der Waals surface area contributed by atoms with E-state index in [0.717, 1.165) is 17.7 Å². The normalized spacial score (nSPS) is 13.0. The number of halogens is 3. The quantitative estimate of drug-likeness (QED) is 0.457. The zero-order valence-corrected chi connectivity index (χ0v) is 17.3. The van der Waals surface area contributed by atoms with E-state index in [1.54, 1.807) is 25.1 Å². The zero-order chi connectivity index (χ0) is 22.3. The molecule has 0 fully saturated rings. The number of rotatable bonds is 7. The zero-order valence-electron chi connectivity index (χ0n) is 17.3. The fourth-order valence-electron chi connectivity index (χ4n) is 2.80. The summed E-state index contributed by atoms with van der Waals surface area (Å²) in [5, 5.41) is 16.2. The second kappa shape index (κ2) is 10.1. The van der Waals surface area contributed by atoms with Crippen LogP contribution in [0.4, 0.5) is 13.2 Å². The number of hydrogen-bond donors (Lipinski definition) is 3. The second-order valence-corrected chi connectivity index (χ2v) is 6.53. The molecule has 0 amide bonds. The third-order valence-corrected chi connectivity index (χ3v) is 4.37. The SMILES string of the molecule is CCNC(=NCc1cc(OC)c(O)c(OC)c1)NC(C)c1cccc(C(F)(F)F)c1. The topological polar surface area (TPSA) is 75.1 Å². The van der Waals surface area contributed by atoms with Gasteiger partial charge in [0.05, 0.1) is 32.4 Å². The Morgan fingerprint density at radius 3 is 2.30 bits per heavy atom. The number of phenols is 1. The first kappa shape index (κ1) is 23.2. The minimum absolute atomic E-state index is 0.101. The number of hydrogen-bond acceptors (Lipinski definition) is 4. The summed E-state index contributed by atoms with van der Waals surface area (Å²) in [4.78, 5) is 4.48. The fourth-order valence-corrected chi connectivity index (χ4v) is 2.80. The van der Waals surface area contributed by atoms with Crippen molar-refractivity contribution in [3.05, 3.63) is 53.1 Å². The van der Waals surface area contributed by atoms with Crippen LogP contribution in [0.1, 0.15) is 36.6 Å². The van der Waals surface area contributed by atoms with Crippen molar-refractivity contribution in [2.45, 2.75) is 32.6 Å². The summed E-state index contributed by atoms with van der Waals surface area (Å²) in [6.45, 7) is 4.45. The molecule has 2 rings (SSSR count). The van der Waals surface area contributed by atoms with Gasteiger partial charge in [0.1, 0.15) is 0 Å². The summed E-state index contributed by atoms with van der Waals surface area (Å²) in [6, 6.07) is 8.05. The van der Waals surface area contributed by atoms with Gasteiger partial charge in [-0.25, -0.2) is 4.99 Å². The number of ether oxygens (including phenoxy) is 2. The second-order valence-electron chi connectivity index (χ2n) is 6.53. The monoisotopic (exact) mass is 425 g/mol. The van der Waals surface area contributed by atoms with Gasteiger partial charge in [-0.05, 0) is 49.2 Å². The van der Waals surface area contributed by atoms with Gasteiger partial charge >= 0.3 is 6.18 Å². The number of aromatic hydroxyl groups is 1. The molecule has 0 aliphatic carbocycles. The maximum atomic E-state index is 13.0. The number of alkyl halides is 3. The van der Waals surface area contributed by atoms with Crippen LogP contribution in [0.15, 0.2) is 41.4 Å². The minimum atomic E-state index is -4.40. The summed E-state index contributed by atoms with van der Waals surface area (Å²) in [5.41, 5.74) is 0.521. The van der Waals surface area contributed by atoms with Gasteiger partial charge in [0, 0.05) is 6.54 Å². The Bertz CT molecular complexity index is 860. The molecule has 0 radical (unpaired) electrons. The third kappa shape index (κ3) is 5.95. The van der Waals surface area contributed by atoms with E-state index in [-0.39, 0.29) is 23.8 Å². The molecule has 0 aliphatic rings. The number of nitrogens with one attached hydrogen (secondary N) is 2. The molecule has 30 heavy (non-hydrogen) atoms. The summed E-state index contributed by atoms with van der Waals surface area (Å²) in [7, 11) is 2.87. The Morgan fingerprint density at radius 1 is 1.13 bits per heavy atom. The average Bonchev–Trinajstić information content (AvgIpc) is 2.72. The number of nitrogens with zero attached hydrogens (tertiary/aromatic N) is 1. The highest BCUT2D eigenvalue weighted by Gasteiger charge is 2.30.